The monoisotopic (exact) mass is 385 g/mol. The molecule has 2 aromatic carbocycles. The molecule has 0 aromatic heterocycles. The number of amides is 1. The zero-order valence-electron chi connectivity index (χ0n) is 13.1. The summed E-state index contributed by atoms with van der Waals surface area (Å²) in [7, 11) is 0. The van der Waals surface area contributed by atoms with Crippen molar-refractivity contribution in [1.29, 1.82) is 0 Å². The van der Waals surface area contributed by atoms with Crippen LogP contribution in [0.25, 0.3) is 6.08 Å². The van der Waals surface area contributed by atoms with E-state index in [2.05, 4.69) is 5.10 Å². The summed E-state index contributed by atoms with van der Waals surface area (Å²) in [5.74, 6) is -0.457. The Labute approximate surface area is 157 Å². The smallest absolute Gasteiger partial charge is 0.286 e. The number of carbonyl (C=O) groups excluding carboxylic acids is 1. The highest BCUT2D eigenvalue weighted by Gasteiger charge is 2.32. The molecule has 0 unspecified atom stereocenters. The van der Waals surface area contributed by atoms with Crippen LogP contribution in [0.5, 0.6) is 5.75 Å². The van der Waals surface area contributed by atoms with Crippen molar-refractivity contribution in [3.05, 3.63) is 74.7 Å². The topological polar surface area (TPSA) is 96.0 Å². The first kappa shape index (κ1) is 17.8. The average Bonchev–Trinajstić information content (AvgIpc) is 2.88. The number of hydrogen-bond donors (Lipinski definition) is 1. The second-order valence-corrected chi connectivity index (χ2v) is 6.79. The molecule has 3 rings (SSSR count). The van der Waals surface area contributed by atoms with E-state index in [0.717, 1.165) is 16.8 Å². The summed E-state index contributed by atoms with van der Waals surface area (Å²) in [6.45, 7) is 0. The number of hydrogen-bond acceptors (Lipinski definition) is 7. The number of benzene rings is 2. The first-order chi connectivity index (χ1) is 12.5. The van der Waals surface area contributed by atoms with Gasteiger partial charge in [-0.3, -0.25) is 14.9 Å². The molecular weight excluding hydrogens is 374 g/mol. The lowest BCUT2D eigenvalue weighted by molar-refractivity contribution is -0.385. The molecule has 0 saturated carbocycles. The number of nitro benzene ring substituents is 1. The molecule has 1 aliphatic rings. The summed E-state index contributed by atoms with van der Waals surface area (Å²) in [5.41, 5.74) is 0.641. The fourth-order valence-corrected chi connectivity index (χ4v) is 3.36. The number of thiocarbonyl (C=S) groups is 1. The Bertz CT molecular complexity index is 972. The van der Waals surface area contributed by atoms with E-state index in [4.69, 9.17) is 12.2 Å². The zero-order valence-corrected chi connectivity index (χ0v) is 14.7. The second kappa shape index (κ2) is 7.46. The molecule has 1 saturated heterocycles. The third kappa shape index (κ3) is 3.63. The predicted molar refractivity (Wildman–Crippen MR) is 104 cm³/mol. The molecule has 2 aromatic rings. The number of phenolic OH excluding ortho intramolecular Hbond substituents is 1. The molecule has 26 heavy (non-hydrogen) atoms. The third-order valence-electron chi connectivity index (χ3n) is 3.44. The molecule has 1 amide bonds. The molecule has 0 atom stereocenters. The van der Waals surface area contributed by atoms with Gasteiger partial charge in [0.15, 0.2) is 4.32 Å². The van der Waals surface area contributed by atoms with Gasteiger partial charge in [-0.1, -0.05) is 36.0 Å². The maximum atomic E-state index is 12.5. The Hall–Kier alpha value is -3.04. The summed E-state index contributed by atoms with van der Waals surface area (Å²) in [6, 6.07) is 12.6. The number of nitro groups is 1. The number of phenols is 1. The number of hydrazone groups is 1. The van der Waals surface area contributed by atoms with Gasteiger partial charge in [-0.15, -0.1) is 0 Å². The van der Waals surface area contributed by atoms with Crippen LogP contribution in [0.15, 0.2) is 58.5 Å². The first-order valence-corrected chi connectivity index (χ1v) is 8.53. The van der Waals surface area contributed by atoms with Crippen molar-refractivity contribution in [3.8, 4) is 5.75 Å². The second-order valence-electron chi connectivity index (χ2n) is 5.11. The minimum absolute atomic E-state index is 0.0251. The predicted octanol–water partition coefficient (Wildman–Crippen LogP) is 3.54. The van der Waals surface area contributed by atoms with Crippen molar-refractivity contribution in [2.45, 2.75) is 0 Å². The van der Waals surface area contributed by atoms with E-state index < -0.39 is 10.8 Å². The van der Waals surface area contributed by atoms with Crippen LogP contribution in [-0.4, -0.2) is 31.5 Å². The molecule has 0 bridgehead atoms. The summed E-state index contributed by atoms with van der Waals surface area (Å²) < 4.78 is 0.200. The lowest BCUT2D eigenvalue weighted by atomic mass is 10.1. The van der Waals surface area contributed by atoms with Gasteiger partial charge in [-0.2, -0.15) is 10.1 Å². The van der Waals surface area contributed by atoms with Gasteiger partial charge in [0.25, 0.3) is 11.6 Å². The molecule has 1 aliphatic heterocycles. The number of nitrogens with zero attached hydrogens (tertiary/aromatic N) is 3. The van der Waals surface area contributed by atoms with Gasteiger partial charge in [0.1, 0.15) is 5.75 Å². The molecule has 7 nitrogen and oxygen atoms in total. The Morgan fingerprint density at radius 2 is 1.81 bits per heavy atom. The molecule has 0 aliphatic carbocycles. The van der Waals surface area contributed by atoms with Crippen molar-refractivity contribution in [2.24, 2.45) is 5.10 Å². The van der Waals surface area contributed by atoms with Gasteiger partial charge in [0.05, 0.1) is 21.6 Å². The first-order valence-electron chi connectivity index (χ1n) is 7.30. The SMILES string of the molecule is O=C1C(=Cc2ccccc2[N+](=O)[O-])SC(=S)N1/N=C/c1ccccc1O. The van der Waals surface area contributed by atoms with Gasteiger partial charge in [0, 0.05) is 11.6 Å². The summed E-state index contributed by atoms with van der Waals surface area (Å²) in [6.07, 6.45) is 2.75. The molecule has 9 heteroatoms. The average molecular weight is 385 g/mol. The molecule has 0 spiro atoms. The van der Waals surface area contributed by atoms with Crippen LogP contribution in [0.4, 0.5) is 5.69 Å². The number of thioether (sulfide) groups is 1. The van der Waals surface area contributed by atoms with E-state index in [1.807, 2.05) is 0 Å². The fraction of sp³-hybridized carbons (Fsp3) is 0. The molecule has 1 heterocycles. The van der Waals surface area contributed by atoms with Gasteiger partial charge in [0.2, 0.25) is 0 Å². The maximum Gasteiger partial charge on any atom is 0.286 e. The molecule has 1 fully saturated rings. The number of aromatic hydroxyl groups is 1. The zero-order chi connectivity index (χ0) is 18.7. The standard InChI is InChI=1S/C17H11N3O4S2/c21-14-8-4-2-6-12(14)10-18-19-16(22)15(26-17(19)25)9-11-5-1-3-7-13(11)20(23)24/h1-10,21H/b15-9?,18-10+. The van der Waals surface area contributed by atoms with Crippen LogP contribution >= 0.6 is 24.0 Å². The molecule has 130 valence electrons. The summed E-state index contributed by atoms with van der Waals surface area (Å²) >= 11 is 6.17. The van der Waals surface area contributed by atoms with Crippen molar-refractivity contribution < 1.29 is 14.8 Å². The van der Waals surface area contributed by atoms with Gasteiger partial charge in [-0.25, -0.2) is 0 Å². The van der Waals surface area contributed by atoms with E-state index in [-0.39, 0.29) is 20.7 Å². The minimum Gasteiger partial charge on any atom is -0.507 e. The van der Waals surface area contributed by atoms with Gasteiger partial charge >= 0.3 is 0 Å². The van der Waals surface area contributed by atoms with Crippen LogP contribution in [-0.2, 0) is 4.79 Å². The Balaban J connectivity index is 1.88. The van der Waals surface area contributed by atoms with Crippen LogP contribution in [0.3, 0.4) is 0 Å². The van der Waals surface area contributed by atoms with E-state index in [1.165, 1.54) is 24.4 Å². The lowest BCUT2D eigenvalue weighted by Crippen LogP contribution is -2.22. The molecular formula is C17H11N3O4S2. The van der Waals surface area contributed by atoms with Crippen LogP contribution in [0, 0.1) is 10.1 Å². The third-order valence-corrected chi connectivity index (χ3v) is 4.73. The Morgan fingerprint density at radius 1 is 1.15 bits per heavy atom. The van der Waals surface area contributed by atoms with E-state index in [9.17, 15) is 20.0 Å². The van der Waals surface area contributed by atoms with Crippen molar-refractivity contribution in [1.82, 2.24) is 5.01 Å². The minimum atomic E-state index is -0.511. The highest BCUT2D eigenvalue weighted by atomic mass is 32.2. The summed E-state index contributed by atoms with van der Waals surface area (Å²) in [4.78, 5) is 23.3. The fourth-order valence-electron chi connectivity index (χ4n) is 2.19. The van der Waals surface area contributed by atoms with Crippen LogP contribution < -0.4 is 0 Å². The number of carbonyl (C=O) groups is 1. The largest absolute Gasteiger partial charge is 0.507 e. The summed E-state index contributed by atoms with van der Waals surface area (Å²) in [5, 5.41) is 25.9. The van der Waals surface area contributed by atoms with Gasteiger partial charge < -0.3 is 5.11 Å². The highest BCUT2D eigenvalue weighted by molar-refractivity contribution is 8.26. The normalized spacial score (nSPS) is 16.0. The van der Waals surface area contributed by atoms with E-state index >= 15 is 0 Å². The van der Waals surface area contributed by atoms with Gasteiger partial charge in [-0.05, 0) is 36.5 Å². The molecule has 1 N–H and O–H groups in total. The van der Waals surface area contributed by atoms with Crippen molar-refractivity contribution >= 4 is 52.2 Å². The number of para-hydroxylation sites is 2. The maximum absolute atomic E-state index is 12.5. The van der Waals surface area contributed by atoms with E-state index in [0.29, 0.717) is 11.1 Å². The highest BCUT2D eigenvalue weighted by Crippen LogP contribution is 2.34. The van der Waals surface area contributed by atoms with Crippen molar-refractivity contribution in [3.63, 3.8) is 0 Å². The Morgan fingerprint density at radius 3 is 2.50 bits per heavy atom. The van der Waals surface area contributed by atoms with Crippen molar-refractivity contribution in [2.75, 3.05) is 0 Å². The van der Waals surface area contributed by atoms with E-state index in [1.54, 1.807) is 36.4 Å². The lowest BCUT2D eigenvalue weighted by Gasteiger charge is -2.06. The molecule has 0 radical (unpaired) electrons. The van der Waals surface area contributed by atoms with Crippen LogP contribution in [0.2, 0.25) is 0 Å². The number of rotatable bonds is 4. The quantitative estimate of drug-likeness (QED) is 0.284. The Kier molecular flexibility index (Phi) is 5.10. The van der Waals surface area contributed by atoms with Crippen LogP contribution in [0.1, 0.15) is 11.1 Å².